The summed E-state index contributed by atoms with van der Waals surface area (Å²) in [7, 11) is 0. The summed E-state index contributed by atoms with van der Waals surface area (Å²) in [6.45, 7) is 3.09. The number of benzene rings is 1. The maximum atomic E-state index is 11.8. The molecule has 6 nitrogen and oxygen atoms in total. The zero-order valence-electron chi connectivity index (χ0n) is 12.9. The molecule has 1 aromatic heterocycles. The van der Waals surface area contributed by atoms with Crippen LogP contribution in [0.2, 0.25) is 0 Å². The molecule has 0 unspecified atom stereocenters. The number of nitrogens with one attached hydrogen (secondary N) is 2. The van der Waals surface area contributed by atoms with Gasteiger partial charge in [0.1, 0.15) is 5.82 Å². The highest BCUT2D eigenvalue weighted by molar-refractivity contribution is 5.94. The lowest BCUT2D eigenvalue weighted by Gasteiger charge is -2.08. The second-order valence-electron chi connectivity index (χ2n) is 4.70. The van der Waals surface area contributed by atoms with Crippen LogP contribution in [-0.2, 0) is 4.74 Å². The van der Waals surface area contributed by atoms with Crippen molar-refractivity contribution in [1.29, 1.82) is 0 Å². The minimum atomic E-state index is -0.387. The maximum absolute atomic E-state index is 11.8. The molecule has 0 aliphatic carbocycles. The van der Waals surface area contributed by atoms with Gasteiger partial charge in [0.05, 0.1) is 12.2 Å². The molecule has 0 fully saturated rings. The summed E-state index contributed by atoms with van der Waals surface area (Å²) in [5.74, 6) is 0.131. The Kier molecular flexibility index (Phi) is 6.11. The molecule has 0 radical (unpaired) electrons. The van der Waals surface area contributed by atoms with Crippen LogP contribution in [0, 0.1) is 0 Å². The van der Waals surface area contributed by atoms with E-state index in [1.165, 1.54) is 6.20 Å². The number of hydrogen-bond acceptors (Lipinski definition) is 5. The third-order valence-electron chi connectivity index (χ3n) is 3.03. The van der Waals surface area contributed by atoms with Crippen LogP contribution in [0.25, 0.3) is 0 Å². The highest BCUT2D eigenvalue weighted by Crippen LogP contribution is 2.06. The maximum Gasteiger partial charge on any atom is 0.339 e. The standard InChI is InChI=1S/C17H19N3O3/c1-2-23-17(22)14-8-9-15(20-12-14)18-10-11-19-16(21)13-6-4-3-5-7-13/h3-9,12H,2,10-11H2,1H3,(H,18,20)(H,19,21). The molecule has 0 saturated heterocycles. The molecule has 23 heavy (non-hydrogen) atoms. The quantitative estimate of drug-likeness (QED) is 0.604. The van der Waals surface area contributed by atoms with Crippen molar-refractivity contribution >= 4 is 17.7 Å². The largest absolute Gasteiger partial charge is 0.462 e. The molecule has 6 heteroatoms. The number of nitrogens with zero attached hydrogens (tertiary/aromatic N) is 1. The summed E-state index contributed by atoms with van der Waals surface area (Å²) >= 11 is 0. The molecule has 1 heterocycles. The van der Waals surface area contributed by atoms with E-state index in [1.54, 1.807) is 31.2 Å². The highest BCUT2D eigenvalue weighted by atomic mass is 16.5. The van der Waals surface area contributed by atoms with E-state index >= 15 is 0 Å². The van der Waals surface area contributed by atoms with E-state index in [9.17, 15) is 9.59 Å². The Balaban J connectivity index is 1.74. The number of aromatic nitrogens is 1. The molecular weight excluding hydrogens is 294 g/mol. The topological polar surface area (TPSA) is 80.3 Å². The highest BCUT2D eigenvalue weighted by Gasteiger charge is 2.06. The first-order valence-electron chi connectivity index (χ1n) is 7.41. The van der Waals surface area contributed by atoms with Gasteiger partial charge >= 0.3 is 5.97 Å². The zero-order valence-corrected chi connectivity index (χ0v) is 12.9. The van der Waals surface area contributed by atoms with Crippen LogP contribution < -0.4 is 10.6 Å². The molecule has 0 aliphatic rings. The number of ether oxygens (including phenoxy) is 1. The van der Waals surface area contributed by atoms with Gasteiger partial charge in [-0.2, -0.15) is 0 Å². The normalized spacial score (nSPS) is 9.96. The first kappa shape index (κ1) is 16.5. The zero-order chi connectivity index (χ0) is 16.5. The van der Waals surface area contributed by atoms with Crippen molar-refractivity contribution in [3.8, 4) is 0 Å². The van der Waals surface area contributed by atoms with Crippen LogP contribution in [0.4, 0.5) is 5.82 Å². The molecule has 0 spiro atoms. The van der Waals surface area contributed by atoms with E-state index < -0.39 is 0 Å². The lowest BCUT2D eigenvalue weighted by atomic mass is 10.2. The second kappa shape index (κ2) is 8.53. The van der Waals surface area contributed by atoms with Gasteiger partial charge in [-0.15, -0.1) is 0 Å². The molecule has 1 amide bonds. The van der Waals surface area contributed by atoms with Crippen molar-refractivity contribution in [2.45, 2.75) is 6.92 Å². The molecule has 2 N–H and O–H groups in total. The molecule has 1 aromatic carbocycles. The van der Waals surface area contributed by atoms with E-state index in [0.717, 1.165) is 0 Å². The third kappa shape index (κ3) is 5.10. The Labute approximate surface area is 134 Å². The monoisotopic (exact) mass is 313 g/mol. The summed E-state index contributed by atoms with van der Waals surface area (Å²) in [4.78, 5) is 27.5. The second-order valence-corrected chi connectivity index (χ2v) is 4.70. The number of pyridine rings is 1. The summed E-state index contributed by atoms with van der Waals surface area (Å²) in [6, 6.07) is 12.4. The van der Waals surface area contributed by atoms with E-state index in [1.807, 2.05) is 18.2 Å². The predicted octanol–water partition coefficient (Wildman–Crippen LogP) is 2.10. The van der Waals surface area contributed by atoms with E-state index in [0.29, 0.717) is 36.6 Å². The summed E-state index contributed by atoms with van der Waals surface area (Å²) in [5, 5.41) is 5.88. The van der Waals surface area contributed by atoms with Gasteiger partial charge in [-0.1, -0.05) is 18.2 Å². The number of anilines is 1. The summed E-state index contributed by atoms with van der Waals surface area (Å²) in [6.07, 6.45) is 1.46. The molecule has 0 saturated carbocycles. The van der Waals surface area contributed by atoms with Crippen LogP contribution in [0.5, 0.6) is 0 Å². The van der Waals surface area contributed by atoms with E-state index in [2.05, 4.69) is 15.6 Å². The molecule has 0 bridgehead atoms. The van der Waals surface area contributed by atoms with Gasteiger partial charge in [-0.25, -0.2) is 9.78 Å². The lowest BCUT2D eigenvalue weighted by molar-refractivity contribution is 0.0525. The summed E-state index contributed by atoms with van der Waals surface area (Å²) in [5.41, 5.74) is 1.04. The average Bonchev–Trinajstić information content (AvgIpc) is 2.60. The molecule has 0 atom stereocenters. The Bertz CT molecular complexity index is 642. The number of carbonyl (C=O) groups is 2. The van der Waals surface area contributed by atoms with Crippen molar-refractivity contribution < 1.29 is 14.3 Å². The van der Waals surface area contributed by atoms with E-state index in [4.69, 9.17) is 4.74 Å². The molecular formula is C17H19N3O3. The van der Waals surface area contributed by atoms with Crippen molar-refractivity contribution in [2.75, 3.05) is 25.0 Å². The molecule has 2 aromatic rings. The Hall–Kier alpha value is -2.89. The Morgan fingerprint density at radius 3 is 2.48 bits per heavy atom. The lowest BCUT2D eigenvalue weighted by Crippen LogP contribution is -2.28. The SMILES string of the molecule is CCOC(=O)c1ccc(NCCNC(=O)c2ccccc2)nc1. The van der Waals surface area contributed by atoms with Crippen molar-refractivity contribution in [3.63, 3.8) is 0 Å². The predicted molar refractivity (Wildman–Crippen MR) is 87.5 cm³/mol. The molecule has 2 rings (SSSR count). The van der Waals surface area contributed by atoms with Gasteiger partial charge in [-0.3, -0.25) is 4.79 Å². The molecule has 0 aliphatic heterocycles. The van der Waals surface area contributed by atoms with Crippen LogP contribution in [0.1, 0.15) is 27.6 Å². The summed E-state index contributed by atoms with van der Waals surface area (Å²) < 4.78 is 4.89. The van der Waals surface area contributed by atoms with Crippen molar-refractivity contribution in [2.24, 2.45) is 0 Å². The van der Waals surface area contributed by atoms with Gasteiger partial charge < -0.3 is 15.4 Å². The minimum Gasteiger partial charge on any atom is -0.462 e. The van der Waals surface area contributed by atoms with Gasteiger partial charge in [0.2, 0.25) is 0 Å². The fourth-order valence-corrected chi connectivity index (χ4v) is 1.89. The van der Waals surface area contributed by atoms with Gasteiger partial charge in [-0.05, 0) is 31.2 Å². The smallest absolute Gasteiger partial charge is 0.339 e. The van der Waals surface area contributed by atoms with Crippen LogP contribution in [0.3, 0.4) is 0 Å². The van der Waals surface area contributed by atoms with Crippen LogP contribution >= 0.6 is 0 Å². The van der Waals surface area contributed by atoms with Crippen molar-refractivity contribution in [3.05, 3.63) is 59.8 Å². The van der Waals surface area contributed by atoms with Gasteiger partial charge in [0.15, 0.2) is 0 Å². The van der Waals surface area contributed by atoms with Gasteiger partial charge in [0.25, 0.3) is 5.91 Å². The fourth-order valence-electron chi connectivity index (χ4n) is 1.89. The first-order valence-corrected chi connectivity index (χ1v) is 7.41. The Morgan fingerprint density at radius 2 is 1.83 bits per heavy atom. The average molecular weight is 313 g/mol. The third-order valence-corrected chi connectivity index (χ3v) is 3.03. The first-order chi connectivity index (χ1) is 11.2. The molecule has 120 valence electrons. The Morgan fingerprint density at radius 1 is 1.04 bits per heavy atom. The number of carbonyl (C=O) groups excluding carboxylic acids is 2. The van der Waals surface area contributed by atoms with Crippen LogP contribution in [-0.4, -0.2) is 36.6 Å². The van der Waals surface area contributed by atoms with Gasteiger partial charge in [0, 0.05) is 24.8 Å². The number of rotatable bonds is 7. The van der Waals surface area contributed by atoms with E-state index in [-0.39, 0.29) is 11.9 Å². The van der Waals surface area contributed by atoms with Crippen LogP contribution in [0.15, 0.2) is 48.7 Å². The number of hydrogen-bond donors (Lipinski definition) is 2. The number of esters is 1. The van der Waals surface area contributed by atoms with Crippen molar-refractivity contribution in [1.82, 2.24) is 10.3 Å². The number of amides is 1. The minimum absolute atomic E-state index is 0.113. The fraction of sp³-hybridized carbons (Fsp3) is 0.235.